The highest BCUT2D eigenvalue weighted by Crippen LogP contribution is 2.44. The summed E-state index contributed by atoms with van der Waals surface area (Å²) in [6, 6.07) is 4.97. The van der Waals surface area contributed by atoms with Crippen molar-refractivity contribution < 1.29 is 17.9 Å². The van der Waals surface area contributed by atoms with Crippen molar-refractivity contribution in [3.8, 4) is 5.75 Å². The summed E-state index contributed by atoms with van der Waals surface area (Å²) in [7, 11) is -2.30. The van der Waals surface area contributed by atoms with Crippen LogP contribution in [-0.2, 0) is 21.4 Å². The number of anilines is 1. The number of amides is 1. The van der Waals surface area contributed by atoms with Gasteiger partial charge in [0.05, 0.1) is 7.11 Å². The molecule has 0 unspecified atom stereocenters. The largest absolute Gasteiger partial charge is 0.495 e. The van der Waals surface area contributed by atoms with Gasteiger partial charge in [-0.05, 0) is 25.5 Å². The number of benzene rings is 1. The molecule has 0 aromatic heterocycles. The van der Waals surface area contributed by atoms with Crippen LogP contribution in [0.4, 0.5) is 5.69 Å². The highest BCUT2D eigenvalue weighted by molar-refractivity contribution is 7.98. The van der Waals surface area contributed by atoms with E-state index in [0.717, 1.165) is 4.31 Å². The Labute approximate surface area is 112 Å². The molecule has 0 saturated carbocycles. The predicted octanol–water partition coefficient (Wildman–Crippen LogP) is 0.609. The number of nitrogens with two attached hydrogens (primary N) is 1. The molecule has 0 atom stereocenters. The Bertz CT molecular complexity index is 615. The molecule has 1 aliphatic rings. The van der Waals surface area contributed by atoms with Gasteiger partial charge in [-0.15, -0.1) is 0 Å². The number of carbonyl (C=O) groups excluding carboxylic acids is 1. The van der Waals surface area contributed by atoms with Crippen molar-refractivity contribution in [3.05, 3.63) is 23.8 Å². The first-order chi connectivity index (χ1) is 8.79. The second kappa shape index (κ2) is 4.21. The summed E-state index contributed by atoms with van der Waals surface area (Å²) in [5, 5.41) is 0. The van der Waals surface area contributed by atoms with Gasteiger partial charge in [0, 0.05) is 6.54 Å². The maximum Gasteiger partial charge on any atom is 0.263 e. The first-order valence-electron chi connectivity index (χ1n) is 5.74. The monoisotopic (exact) mass is 284 g/mol. The summed E-state index contributed by atoms with van der Waals surface area (Å²) >= 11 is 0. The molecule has 0 radical (unpaired) electrons. The first kappa shape index (κ1) is 13.8. The minimum absolute atomic E-state index is 0.117. The fourth-order valence-corrected chi connectivity index (χ4v) is 3.53. The fraction of sp³-hybridized carbons (Fsp3) is 0.417. The third-order valence-corrected chi connectivity index (χ3v) is 5.60. The van der Waals surface area contributed by atoms with Gasteiger partial charge in [-0.2, -0.15) is 0 Å². The highest BCUT2D eigenvalue weighted by atomic mass is 32.2. The third-order valence-electron chi connectivity index (χ3n) is 3.31. The van der Waals surface area contributed by atoms with Gasteiger partial charge in [0.2, 0.25) is 0 Å². The summed E-state index contributed by atoms with van der Waals surface area (Å²) in [6.07, 6.45) is 0. The Morgan fingerprint density at radius 3 is 2.47 bits per heavy atom. The number of sulfonamides is 1. The van der Waals surface area contributed by atoms with Crippen molar-refractivity contribution in [2.24, 2.45) is 5.73 Å². The smallest absolute Gasteiger partial charge is 0.263 e. The molecule has 1 heterocycles. The van der Waals surface area contributed by atoms with Crippen LogP contribution in [0.25, 0.3) is 0 Å². The second-order valence-electron chi connectivity index (χ2n) is 4.76. The summed E-state index contributed by atoms with van der Waals surface area (Å²) < 4.78 is 29.0. The van der Waals surface area contributed by atoms with Crippen molar-refractivity contribution >= 4 is 21.6 Å². The maximum atomic E-state index is 12.2. The Kier molecular flexibility index (Phi) is 3.06. The summed E-state index contributed by atoms with van der Waals surface area (Å²) in [5.41, 5.74) is 6.37. The van der Waals surface area contributed by atoms with Gasteiger partial charge < -0.3 is 10.5 Å². The van der Waals surface area contributed by atoms with Gasteiger partial charge in [-0.3, -0.25) is 4.79 Å². The van der Waals surface area contributed by atoms with Crippen LogP contribution in [0, 0.1) is 0 Å². The molecule has 6 nitrogen and oxygen atoms in total. The number of nitrogens with zero attached hydrogens (tertiary/aromatic N) is 1. The second-order valence-corrected chi connectivity index (χ2v) is 7.09. The Balaban J connectivity index is 2.65. The number of rotatable bonds is 3. The Hall–Kier alpha value is -1.60. The normalized spacial score (nSPS) is 20.0. The standard InChI is InChI=1S/C12H16N2O4S/c1-12(2)11(15)14(19(12,16)17)10-8(7-13)5-4-6-9(10)18-3/h4-6H,7,13H2,1-3H3. The Morgan fingerprint density at radius 1 is 1.37 bits per heavy atom. The number of methoxy groups -OCH3 is 1. The molecule has 0 spiro atoms. The molecule has 1 aliphatic heterocycles. The Morgan fingerprint density at radius 2 is 2.00 bits per heavy atom. The predicted molar refractivity (Wildman–Crippen MR) is 71.4 cm³/mol. The topological polar surface area (TPSA) is 89.7 Å². The summed E-state index contributed by atoms with van der Waals surface area (Å²) in [6.45, 7) is 2.89. The molecule has 1 amide bonds. The number of ether oxygens (including phenoxy) is 1. The molecular formula is C12H16N2O4S. The molecule has 1 aromatic carbocycles. The van der Waals surface area contributed by atoms with Crippen LogP contribution in [0.2, 0.25) is 0 Å². The molecule has 1 aromatic rings. The van der Waals surface area contributed by atoms with Crippen molar-refractivity contribution in [3.63, 3.8) is 0 Å². The fourth-order valence-electron chi connectivity index (χ4n) is 2.00. The number of hydrogen-bond acceptors (Lipinski definition) is 5. The lowest BCUT2D eigenvalue weighted by Gasteiger charge is -2.43. The van der Waals surface area contributed by atoms with E-state index in [-0.39, 0.29) is 12.2 Å². The van der Waals surface area contributed by atoms with Crippen molar-refractivity contribution in [2.75, 3.05) is 11.4 Å². The van der Waals surface area contributed by atoms with E-state index in [9.17, 15) is 13.2 Å². The van der Waals surface area contributed by atoms with Crippen LogP contribution in [-0.4, -0.2) is 26.2 Å². The third kappa shape index (κ3) is 1.65. The van der Waals surface area contributed by atoms with Gasteiger partial charge in [0.1, 0.15) is 11.4 Å². The SMILES string of the molecule is COc1cccc(CN)c1N1C(=O)C(C)(C)S1(=O)=O. The number of hydrogen-bond donors (Lipinski definition) is 1. The van der Waals surface area contributed by atoms with Crippen molar-refractivity contribution in [1.29, 1.82) is 0 Å². The van der Waals surface area contributed by atoms with E-state index in [1.807, 2.05) is 0 Å². The minimum Gasteiger partial charge on any atom is -0.495 e. The van der Waals surface area contributed by atoms with E-state index in [1.165, 1.54) is 21.0 Å². The molecule has 19 heavy (non-hydrogen) atoms. The lowest BCUT2D eigenvalue weighted by atomic mass is 10.1. The minimum atomic E-state index is -3.72. The molecule has 2 rings (SSSR count). The van der Waals surface area contributed by atoms with Gasteiger partial charge >= 0.3 is 0 Å². The van der Waals surface area contributed by atoms with Gasteiger partial charge in [0.25, 0.3) is 15.9 Å². The van der Waals surface area contributed by atoms with Gasteiger partial charge in [-0.1, -0.05) is 12.1 Å². The molecule has 1 saturated heterocycles. The van der Waals surface area contributed by atoms with Crippen LogP contribution >= 0.6 is 0 Å². The van der Waals surface area contributed by atoms with Crippen LogP contribution in [0.5, 0.6) is 5.75 Å². The quantitative estimate of drug-likeness (QED) is 0.878. The van der Waals surface area contributed by atoms with Gasteiger partial charge in [0.15, 0.2) is 4.75 Å². The first-order valence-corrected chi connectivity index (χ1v) is 7.18. The highest BCUT2D eigenvalue weighted by Gasteiger charge is 2.61. The zero-order valence-corrected chi connectivity index (χ0v) is 11.8. The van der Waals surface area contributed by atoms with E-state index in [2.05, 4.69) is 0 Å². The molecule has 7 heteroatoms. The zero-order valence-electron chi connectivity index (χ0n) is 11.0. The summed E-state index contributed by atoms with van der Waals surface area (Å²) in [4.78, 5) is 12.1. The van der Waals surface area contributed by atoms with Crippen molar-refractivity contribution in [2.45, 2.75) is 25.1 Å². The lowest BCUT2D eigenvalue weighted by Crippen LogP contribution is -2.68. The van der Waals surface area contributed by atoms with Crippen LogP contribution in [0.1, 0.15) is 19.4 Å². The van der Waals surface area contributed by atoms with E-state index < -0.39 is 20.7 Å². The van der Waals surface area contributed by atoms with E-state index in [1.54, 1.807) is 18.2 Å². The molecule has 1 fully saturated rings. The average molecular weight is 284 g/mol. The van der Waals surface area contributed by atoms with Gasteiger partial charge in [-0.25, -0.2) is 12.7 Å². The number of para-hydroxylation sites is 1. The van der Waals surface area contributed by atoms with E-state index in [4.69, 9.17) is 10.5 Å². The molecule has 0 aliphatic carbocycles. The van der Waals surface area contributed by atoms with E-state index >= 15 is 0 Å². The molecule has 2 N–H and O–H groups in total. The number of carbonyl (C=O) groups is 1. The maximum absolute atomic E-state index is 12.2. The summed E-state index contributed by atoms with van der Waals surface area (Å²) in [5.74, 6) is -0.165. The van der Waals surface area contributed by atoms with Crippen LogP contribution in [0.3, 0.4) is 0 Å². The van der Waals surface area contributed by atoms with Crippen molar-refractivity contribution in [1.82, 2.24) is 0 Å². The lowest BCUT2D eigenvalue weighted by molar-refractivity contribution is -0.120. The van der Waals surface area contributed by atoms with E-state index in [0.29, 0.717) is 11.3 Å². The average Bonchev–Trinajstić information content (AvgIpc) is 2.38. The zero-order chi connectivity index (χ0) is 14.4. The van der Waals surface area contributed by atoms with Crippen LogP contribution in [0.15, 0.2) is 18.2 Å². The molecular weight excluding hydrogens is 268 g/mol. The molecule has 104 valence electrons. The van der Waals surface area contributed by atoms with Crippen LogP contribution < -0.4 is 14.8 Å². The molecule has 0 bridgehead atoms.